The minimum absolute atomic E-state index is 0.0747. The first kappa shape index (κ1) is 24.9. The Morgan fingerprint density at radius 2 is 1.69 bits per heavy atom. The second-order valence-corrected chi connectivity index (χ2v) is 10.3. The summed E-state index contributed by atoms with van der Waals surface area (Å²) in [6.07, 6.45) is 1.34. The average molecular weight is 428 g/mol. The lowest BCUT2D eigenvalue weighted by Gasteiger charge is -2.31. The minimum atomic E-state index is -3.80. The highest BCUT2D eigenvalue weighted by molar-refractivity contribution is 7.92. The van der Waals surface area contributed by atoms with E-state index in [-0.39, 0.29) is 18.2 Å². The standard InChI is InChI=1S/C20H33N3O5S/c1-14(2)12-16(17(13-21)19(25)28-20(3,4)5)18(24)22-23(29(6,26)27)15-10-8-7-9-11-15/h7-11,14,16-17H,12-13,21H2,1-6H3,(H,22,24)/t16-,17+/m1/s1. The van der Waals surface area contributed by atoms with Crippen molar-refractivity contribution in [2.45, 2.75) is 46.6 Å². The molecule has 0 aromatic heterocycles. The van der Waals surface area contributed by atoms with Crippen LogP contribution in [0, 0.1) is 17.8 Å². The van der Waals surface area contributed by atoms with Gasteiger partial charge in [0.05, 0.1) is 23.8 Å². The molecule has 0 saturated heterocycles. The molecule has 0 aliphatic rings. The second kappa shape index (κ2) is 10.1. The summed E-state index contributed by atoms with van der Waals surface area (Å²) in [7, 11) is -3.80. The van der Waals surface area contributed by atoms with Gasteiger partial charge in [-0.25, -0.2) is 8.42 Å². The normalized spacial score (nSPS) is 14.2. The molecule has 1 rings (SSSR count). The third-order valence-corrected chi connectivity index (χ3v) is 5.01. The Morgan fingerprint density at radius 1 is 1.14 bits per heavy atom. The van der Waals surface area contributed by atoms with Gasteiger partial charge in [-0.05, 0) is 45.2 Å². The number of rotatable bonds is 9. The van der Waals surface area contributed by atoms with Gasteiger partial charge in [0.1, 0.15) is 5.60 Å². The summed E-state index contributed by atoms with van der Waals surface area (Å²) in [5.41, 5.74) is 7.83. The second-order valence-electron chi connectivity index (χ2n) is 8.45. The van der Waals surface area contributed by atoms with Crippen molar-refractivity contribution in [1.29, 1.82) is 0 Å². The van der Waals surface area contributed by atoms with E-state index in [0.717, 1.165) is 10.7 Å². The molecule has 2 atom stereocenters. The molecule has 0 aliphatic heterocycles. The number of hydrogen-bond acceptors (Lipinski definition) is 6. The van der Waals surface area contributed by atoms with E-state index in [1.165, 1.54) is 0 Å². The molecule has 164 valence electrons. The molecule has 1 amide bonds. The van der Waals surface area contributed by atoms with E-state index < -0.39 is 39.3 Å². The van der Waals surface area contributed by atoms with E-state index in [2.05, 4.69) is 5.43 Å². The lowest BCUT2D eigenvalue weighted by atomic mass is 9.84. The molecule has 0 spiro atoms. The molecule has 0 unspecified atom stereocenters. The van der Waals surface area contributed by atoms with Gasteiger partial charge in [0, 0.05) is 6.54 Å². The van der Waals surface area contributed by atoms with Crippen LogP contribution in [-0.4, -0.2) is 38.7 Å². The number of nitrogens with one attached hydrogen (secondary N) is 1. The first-order valence-corrected chi connectivity index (χ1v) is 11.4. The number of benzene rings is 1. The van der Waals surface area contributed by atoms with E-state index >= 15 is 0 Å². The van der Waals surface area contributed by atoms with Crippen molar-refractivity contribution in [2.24, 2.45) is 23.5 Å². The van der Waals surface area contributed by atoms with Crippen molar-refractivity contribution in [1.82, 2.24) is 5.43 Å². The van der Waals surface area contributed by atoms with Crippen LogP contribution in [0.25, 0.3) is 0 Å². The number of carbonyl (C=O) groups is 2. The maximum absolute atomic E-state index is 13.1. The van der Waals surface area contributed by atoms with Gasteiger partial charge in [0.2, 0.25) is 15.9 Å². The van der Waals surface area contributed by atoms with Gasteiger partial charge in [0.25, 0.3) is 0 Å². The zero-order valence-electron chi connectivity index (χ0n) is 18.0. The SMILES string of the molecule is CC(C)C[C@@H](C(=O)NN(c1ccccc1)S(C)(=O)=O)[C@H](CN)C(=O)OC(C)(C)C. The van der Waals surface area contributed by atoms with Crippen molar-refractivity contribution in [3.05, 3.63) is 30.3 Å². The highest BCUT2D eigenvalue weighted by Crippen LogP contribution is 2.25. The van der Waals surface area contributed by atoms with Crippen LogP contribution >= 0.6 is 0 Å². The quantitative estimate of drug-likeness (QED) is 0.460. The molecule has 3 N–H and O–H groups in total. The lowest BCUT2D eigenvalue weighted by Crippen LogP contribution is -2.51. The first-order chi connectivity index (χ1) is 13.3. The summed E-state index contributed by atoms with van der Waals surface area (Å²) < 4.78 is 30.8. The van der Waals surface area contributed by atoms with E-state index in [0.29, 0.717) is 6.42 Å². The van der Waals surface area contributed by atoms with Crippen molar-refractivity contribution >= 4 is 27.6 Å². The van der Waals surface area contributed by atoms with Crippen molar-refractivity contribution in [2.75, 3.05) is 17.2 Å². The molecule has 8 nitrogen and oxygen atoms in total. The molecule has 0 heterocycles. The Balaban J connectivity index is 3.21. The van der Waals surface area contributed by atoms with Gasteiger partial charge < -0.3 is 10.5 Å². The third-order valence-electron chi connectivity index (χ3n) is 4.05. The van der Waals surface area contributed by atoms with E-state index in [1.807, 2.05) is 13.8 Å². The number of esters is 1. The molecule has 29 heavy (non-hydrogen) atoms. The fraction of sp³-hybridized carbons (Fsp3) is 0.600. The lowest BCUT2D eigenvalue weighted by molar-refractivity contribution is -0.163. The number of carbonyl (C=O) groups excluding carboxylic acids is 2. The maximum atomic E-state index is 13.1. The molecule has 0 radical (unpaired) electrons. The van der Waals surface area contributed by atoms with Crippen LogP contribution in [0.4, 0.5) is 5.69 Å². The van der Waals surface area contributed by atoms with Crippen LogP contribution in [-0.2, 0) is 24.3 Å². The summed E-state index contributed by atoms with van der Waals surface area (Å²) in [5.74, 6) is -2.84. The number of sulfonamides is 1. The van der Waals surface area contributed by atoms with E-state index in [9.17, 15) is 18.0 Å². The molecule has 0 fully saturated rings. The Morgan fingerprint density at radius 3 is 2.10 bits per heavy atom. The number of hydrogen-bond donors (Lipinski definition) is 2. The number of hydrazine groups is 1. The van der Waals surface area contributed by atoms with Crippen LogP contribution in [0.15, 0.2) is 30.3 Å². The Bertz CT molecular complexity index is 788. The monoisotopic (exact) mass is 427 g/mol. The number of nitrogens with two attached hydrogens (primary N) is 1. The van der Waals surface area contributed by atoms with Crippen LogP contribution in [0.3, 0.4) is 0 Å². The molecule has 1 aromatic rings. The first-order valence-electron chi connectivity index (χ1n) is 9.55. The smallest absolute Gasteiger partial charge is 0.311 e. The summed E-state index contributed by atoms with van der Waals surface area (Å²) in [5, 5.41) is 0. The highest BCUT2D eigenvalue weighted by atomic mass is 32.2. The minimum Gasteiger partial charge on any atom is -0.460 e. The molecule has 0 saturated carbocycles. The fourth-order valence-electron chi connectivity index (χ4n) is 2.85. The van der Waals surface area contributed by atoms with Crippen molar-refractivity contribution in [3.63, 3.8) is 0 Å². The van der Waals surface area contributed by atoms with E-state index in [1.54, 1.807) is 51.1 Å². The molecule has 0 bridgehead atoms. The Kier molecular flexibility index (Phi) is 8.65. The maximum Gasteiger partial charge on any atom is 0.311 e. The molecule has 9 heteroatoms. The summed E-state index contributed by atoms with van der Waals surface area (Å²) >= 11 is 0. The van der Waals surface area contributed by atoms with Gasteiger partial charge in [-0.2, -0.15) is 4.41 Å². The van der Waals surface area contributed by atoms with Crippen LogP contribution in [0.2, 0.25) is 0 Å². The van der Waals surface area contributed by atoms with Crippen LogP contribution < -0.4 is 15.6 Å². The Hall–Kier alpha value is -2.13. The van der Waals surface area contributed by atoms with Crippen molar-refractivity contribution in [3.8, 4) is 0 Å². The highest BCUT2D eigenvalue weighted by Gasteiger charge is 2.37. The van der Waals surface area contributed by atoms with Gasteiger partial charge in [-0.1, -0.05) is 32.0 Å². The number of amides is 1. The largest absolute Gasteiger partial charge is 0.460 e. The van der Waals surface area contributed by atoms with Crippen LogP contribution in [0.1, 0.15) is 41.0 Å². The molecule has 0 aliphatic carbocycles. The van der Waals surface area contributed by atoms with Gasteiger partial charge in [-0.15, -0.1) is 0 Å². The predicted octanol–water partition coefficient (Wildman–Crippen LogP) is 2.06. The summed E-state index contributed by atoms with van der Waals surface area (Å²) in [4.78, 5) is 25.8. The third kappa shape index (κ3) is 8.02. The van der Waals surface area contributed by atoms with Crippen LogP contribution in [0.5, 0.6) is 0 Å². The number of para-hydroxylation sites is 1. The van der Waals surface area contributed by atoms with Crippen molar-refractivity contribution < 1.29 is 22.7 Å². The number of anilines is 1. The number of ether oxygens (including phenoxy) is 1. The van der Waals surface area contributed by atoms with E-state index in [4.69, 9.17) is 10.5 Å². The Labute approximate surface area is 173 Å². The van der Waals surface area contributed by atoms with Gasteiger partial charge in [-0.3, -0.25) is 15.0 Å². The topological polar surface area (TPSA) is 119 Å². The zero-order chi connectivity index (χ0) is 22.4. The summed E-state index contributed by atoms with van der Waals surface area (Å²) in [6.45, 7) is 8.93. The predicted molar refractivity (Wildman–Crippen MR) is 113 cm³/mol. The molecule has 1 aromatic carbocycles. The molecular weight excluding hydrogens is 394 g/mol. The molecular formula is C20H33N3O5S. The average Bonchev–Trinajstić information content (AvgIpc) is 2.57. The number of nitrogens with zero attached hydrogens (tertiary/aromatic N) is 1. The fourth-order valence-corrected chi connectivity index (χ4v) is 3.61. The van der Waals surface area contributed by atoms with Gasteiger partial charge >= 0.3 is 5.97 Å². The zero-order valence-corrected chi connectivity index (χ0v) is 18.8. The summed E-state index contributed by atoms with van der Waals surface area (Å²) in [6, 6.07) is 8.18. The van der Waals surface area contributed by atoms with Gasteiger partial charge in [0.15, 0.2) is 0 Å².